The van der Waals surface area contributed by atoms with Crippen molar-refractivity contribution in [2.24, 2.45) is 28.1 Å². The van der Waals surface area contributed by atoms with Gasteiger partial charge in [0.2, 0.25) is 27.7 Å². The van der Waals surface area contributed by atoms with E-state index in [1.807, 2.05) is 73.7 Å². The molecule has 2 aromatic carbocycles. The van der Waals surface area contributed by atoms with E-state index >= 15 is 4.79 Å². The number of pyridine rings is 1. The Bertz CT molecular complexity index is 2430. The Morgan fingerprint density at radius 3 is 2.57 bits per heavy atom. The molecule has 4 fully saturated rings. The smallest absolute Gasteiger partial charge is 0.259 e. The molecule has 0 radical (unpaired) electrons. The second-order valence-corrected chi connectivity index (χ2v) is 19.8. The van der Waals surface area contributed by atoms with Gasteiger partial charge in [-0.25, -0.2) is 13.4 Å². The highest BCUT2D eigenvalue weighted by Crippen LogP contribution is 2.46. The molecule has 336 valence electrons. The van der Waals surface area contributed by atoms with Crippen LogP contribution in [0.4, 0.5) is 0 Å². The third-order valence-corrected chi connectivity index (χ3v) is 15.1. The largest absolute Gasteiger partial charge is 0.497 e. The molecule has 3 aliphatic heterocycles. The third-order valence-electron chi connectivity index (χ3n) is 13.3. The molecular formula is C46H57N7O9S. The van der Waals surface area contributed by atoms with Crippen LogP contribution in [0.1, 0.15) is 71.1 Å². The molecule has 4 heterocycles. The van der Waals surface area contributed by atoms with Crippen molar-refractivity contribution in [3.63, 3.8) is 0 Å². The average molecular weight is 884 g/mol. The van der Waals surface area contributed by atoms with Gasteiger partial charge in [0, 0.05) is 66.3 Å². The van der Waals surface area contributed by atoms with Crippen molar-refractivity contribution in [1.29, 1.82) is 0 Å². The molecule has 0 bridgehead atoms. The van der Waals surface area contributed by atoms with Crippen LogP contribution in [0.25, 0.3) is 22.2 Å². The lowest BCUT2D eigenvalue weighted by Crippen LogP contribution is -2.57. The maximum Gasteiger partial charge on any atom is 0.259 e. The van der Waals surface area contributed by atoms with Crippen molar-refractivity contribution in [3.8, 4) is 22.8 Å². The van der Waals surface area contributed by atoms with Gasteiger partial charge in [-0.15, -0.1) is 0 Å². The maximum absolute atomic E-state index is 15.1. The quantitative estimate of drug-likeness (QED) is 0.185. The van der Waals surface area contributed by atoms with Gasteiger partial charge in [0.25, 0.3) is 5.91 Å². The van der Waals surface area contributed by atoms with E-state index in [4.69, 9.17) is 25.0 Å². The number of rotatable bonds is 11. The average Bonchev–Trinajstić information content (AvgIpc) is 4.19. The van der Waals surface area contributed by atoms with Gasteiger partial charge in [-0.05, 0) is 50.7 Å². The van der Waals surface area contributed by atoms with Crippen molar-refractivity contribution in [3.05, 3.63) is 66.7 Å². The highest BCUT2D eigenvalue weighted by atomic mass is 32.2. The fourth-order valence-corrected chi connectivity index (χ4v) is 10.6. The number of hydrogen-bond acceptors (Lipinski definition) is 12. The Hall–Kier alpha value is -5.55. The van der Waals surface area contributed by atoms with E-state index in [0.29, 0.717) is 72.5 Å². The minimum atomic E-state index is -3.92. The lowest BCUT2D eigenvalue weighted by molar-refractivity contribution is -0.145. The number of amides is 4. The highest BCUT2D eigenvalue weighted by Gasteiger charge is 2.62. The molecule has 1 aromatic heterocycles. The number of nitrogens with zero attached hydrogens (tertiary/aromatic N) is 4. The molecule has 0 spiro atoms. The van der Waals surface area contributed by atoms with Crippen LogP contribution in [0.3, 0.4) is 0 Å². The van der Waals surface area contributed by atoms with E-state index in [9.17, 15) is 22.8 Å². The third kappa shape index (κ3) is 9.26. The zero-order chi connectivity index (χ0) is 44.5. The van der Waals surface area contributed by atoms with E-state index in [1.54, 1.807) is 12.0 Å². The number of methoxy groups -OCH3 is 1. The molecule has 1 unspecified atom stereocenters. The molecule has 4 N–H and O–H groups in total. The van der Waals surface area contributed by atoms with Crippen LogP contribution < -0.4 is 25.2 Å². The number of nitrogens with two attached hydrogens (primary N) is 1. The first kappa shape index (κ1) is 44.1. The Kier molecular flexibility index (Phi) is 12.5. The molecule has 3 aromatic rings. The van der Waals surface area contributed by atoms with E-state index in [0.717, 1.165) is 18.4 Å². The highest BCUT2D eigenvalue weighted by molar-refractivity contribution is 7.91. The standard InChI is InChI=1S/C46H57N7O9S/c1-45(27-47)28-52(26-40(45)50-61-3)41(54)20-30-14-8-5-4-6-11-15-31-24-46(31,44(57)51-63(58,59)34-17-18-34)49-42(55)38-22-33(25-53(38)43(30)56)62-39-23-36(29-12-9-7-10-13-29)48-37-21-32(60-2)16-19-35(37)39/h7,9-13,15-16,19,21,23,30-31,33-34,38H,4-6,8,14,17-18,20,22,24-28,47H2,1-3H3,(H,49,55)(H,51,57)/t30-,31-,33-,38+,45?,46-/m1/s1. The summed E-state index contributed by atoms with van der Waals surface area (Å²) >= 11 is 0. The number of oxime groups is 1. The fraction of sp³-hybridized carbons (Fsp3) is 0.522. The van der Waals surface area contributed by atoms with Crippen molar-refractivity contribution < 1.29 is 41.9 Å². The summed E-state index contributed by atoms with van der Waals surface area (Å²) in [5.74, 6) is -2.09. The van der Waals surface area contributed by atoms with Gasteiger partial charge < -0.3 is 35.2 Å². The Morgan fingerprint density at radius 2 is 1.84 bits per heavy atom. The number of likely N-dealkylation sites (tertiary alicyclic amines) is 1. The van der Waals surface area contributed by atoms with E-state index in [1.165, 1.54) is 12.0 Å². The molecular weight excluding hydrogens is 827 g/mol. The summed E-state index contributed by atoms with van der Waals surface area (Å²) in [6.07, 6.45) is 7.64. The first-order valence-corrected chi connectivity index (χ1v) is 23.5. The van der Waals surface area contributed by atoms with Gasteiger partial charge >= 0.3 is 0 Å². The summed E-state index contributed by atoms with van der Waals surface area (Å²) in [5.41, 5.74) is 6.83. The number of carbonyl (C=O) groups is 4. The number of nitrogens with one attached hydrogen (secondary N) is 2. The molecule has 6 atom stereocenters. The Labute approximate surface area is 368 Å². The van der Waals surface area contributed by atoms with Crippen molar-refractivity contribution in [2.75, 3.05) is 40.4 Å². The molecule has 16 nitrogen and oxygen atoms in total. The second kappa shape index (κ2) is 17.9. The van der Waals surface area contributed by atoms with Gasteiger partial charge in [-0.1, -0.05) is 67.4 Å². The van der Waals surface area contributed by atoms with E-state index < -0.39 is 62.0 Å². The topological polar surface area (TPSA) is 212 Å². The zero-order valence-electron chi connectivity index (χ0n) is 36.1. The van der Waals surface area contributed by atoms with Crippen molar-refractivity contribution in [1.82, 2.24) is 24.8 Å². The first-order valence-electron chi connectivity index (χ1n) is 21.9. The molecule has 2 aliphatic carbocycles. The zero-order valence-corrected chi connectivity index (χ0v) is 36.9. The lowest BCUT2D eigenvalue weighted by atomic mass is 9.88. The number of carbonyl (C=O) groups excluding carboxylic acids is 4. The first-order chi connectivity index (χ1) is 30.3. The molecule has 2 saturated carbocycles. The van der Waals surface area contributed by atoms with Gasteiger partial charge in [0.05, 0.1) is 42.4 Å². The van der Waals surface area contributed by atoms with Crippen molar-refractivity contribution in [2.45, 2.75) is 94.1 Å². The summed E-state index contributed by atoms with van der Waals surface area (Å²) in [6, 6.07) is 15.9. The number of aromatic nitrogens is 1. The van der Waals surface area contributed by atoms with Crippen LogP contribution in [0.15, 0.2) is 71.9 Å². The van der Waals surface area contributed by atoms with Gasteiger partial charge in [-0.2, -0.15) is 0 Å². The van der Waals surface area contributed by atoms with Crippen LogP contribution in [0.5, 0.6) is 11.5 Å². The van der Waals surface area contributed by atoms with Crippen LogP contribution in [0.2, 0.25) is 0 Å². The predicted molar refractivity (Wildman–Crippen MR) is 236 cm³/mol. The van der Waals surface area contributed by atoms with Crippen LogP contribution >= 0.6 is 0 Å². The summed E-state index contributed by atoms with van der Waals surface area (Å²) in [6.45, 7) is 2.74. The van der Waals surface area contributed by atoms with Gasteiger partial charge in [0.1, 0.15) is 36.3 Å². The Morgan fingerprint density at radius 1 is 1.05 bits per heavy atom. The molecule has 4 amide bonds. The number of ether oxygens (including phenoxy) is 2. The number of allylic oxidation sites excluding steroid dienone is 1. The fourth-order valence-electron chi connectivity index (χ4n) is 9.20. The van der Waals surface area contributed by atoms with Crippen LogP contribution in [-0.2, 0) is 34.0 Å². The monoisotopic (exact) mass is 883 g/mol. The predicted octanol–water partition coefficient (Wildman–Crippen LogP) is 4.08. The Balaban J connectivity index is 1.12. The maximum atomic E-state index is 15.1. The van der Waals surface area contributed by atoms with Crippen LogP contribution in [-0.4, -0.2) is 116 Å². The molecule has 8 rings (SSSR count). The summed E-state index contributed by atoms with van der Waals surface area (Å²) in [7, 11) is -0.889. The van der Waals surface area contributed by atoms with Gasteiger partial charge in [0.15, 0.2) is 0 Å². The summed E-state index contributed by atoms with van der Waals surface area (Å²) in [4.78, 5) is 71.1. The number of hydrogen-bond donors (Lipinski definition) is 3. The van der Waals surface area contributed by atoms with E-state index in [2.05, 4.69) is 15.2 Å². The normalized spacial score (nSPS) is 28.4. The molecule has 5 aliphatic rings. The van der Waals surface area contributed by atoms with E-state index in [-0.39, 0.29) is 50.7 Å². The summed E-state index contributed by atoms with van der Waals surface area (Å²) < 4.78 is 40.6. The minimum absolute atomic E-state index is 0.0143. The number of benzene rings is 2. The number of fused-ring (bicyclic) bond motifs is 3. The van der Waals surface area contributed by atoms with Crippen LogP contribution in [0, 0.1) is 17.3 Å². The minimum Gasteiger partial charge on any atom is -0.497 e. The summed E-state index contributed by atoms with van der Waals surface area (Å²) in [5, 5.41) is 7.18. The van der Waals surface area contributed by atoms with Gasteiger partial charge in [-0.3, -0.25) is 23.9 Å². The lowest BCUT2D eigenvalue weighted by Gasteiger charge is -2.30. The SMILES string of the molecule is CON=C1CN(C(=O)C[C@H]2CCCCCC=C[C@@H]3C[C@@]3(C(=O)NS(=O)(=O)C3CC3)NC(=O)[C@@H]3C[C@@H](Oc4cc(-c5ccccc5)nc5cc(OC)ccc45)CN3C2=O)CC1(C)CN. The molecule has 2 saturated heterocycles. The second-order valence-electron chi connectivity index (χ2n) is 17.9. The number of sulfonamides is 1. The molecule has 17 heteroatoms. The van der Waals surface area contributed by atoms with Crippen molar-refractivity contribution >= 4 is 50.3 Å². The molecule has 63 heavy (non-hydrogen) atoms.